The van der Waals surface area contributed by atoms with E-state index in [1.165, 1.54) is 19.1 Å². The Kier molecular flexibility index (Phi) is 3.79. The van der Waals surface area contributed by atoms with Crippen LogP contribution in [0.1, 0.15) is 24.2 Å². The first-order valence-electron chi connectivity index (χ1n) is 4.65. The minimum absolute atomic E-state index is 0.329. The van der Waals surface area contributed by atoms with Gasteiger partial charge in [-0.05, 0) is 12.1 Å². The minimum Gasteiger partial charge on any atom is -0.444 e. The summed E-state index contributed by atoms with van der Waals surface area (Å²) in [7, 11) is 0. The molecule has 1 aromatic rings. The van der Waals surface area contributed by atoms with Gasteiger partial charge in [-0.3, -0.25) is 4.79 Å². The van der Waals surface area contributed by atoms with Crippen molar-refractivity contribution >= 4 is 5.97 Å². The van der Waals surface area contributed by atoms with Crippen LogP contribution in [0, 0.1) is 12.3 Å². The number of hydrogen-bond acceptors (Lipinski definition) is 2. The van der Waals surface area contributed by atoms with Crippen LogP contribution in [-0.4, -0.2) is 5.97 Å². The van der Waals surface area contributed by atoms with Gasteiger partial charge in [0, 0.05) is 12.5 Å². The fourth-order valence-electron chi connectivity index (χ4n) is 1.21. The van der Waals surface area contributed by atoms with Crippen molar-refractivity contribution in [3.63, 3.8) is 0 Å². The van der Waals surface area contributed by atoms with E-state index in [0.717, 1.165) is 12.1 Å². The topological polar surface area (TPSA) is 26.3 Å². The number of rotatable bonds is 2. The van der Waals surface area contributed by atoms with Gasteiger partial charge in [-0.1, -0.05) is 18.1 Å². The second-order valence-corrected chi connectivity index (χ2v) is 3.28. The van der Waals surface area contributed by atoms with E-state index in [-0.39, 0.29) is 0 Å². The van der Waals surface area contributed by atoms with E-state index in [0.29, 0.717) is 5.56 Å². The van der Waals surface area contributed by atoms with Gasteiger partial charge in [0.2, 0.25) is 0 Å². The molecular formula is C12H9F3O2. The Hall–Kier alpha value is -1.96. The van der Waals surface area contributed by atoms with Gasteiger partial charge in [-0.2, -0.15) is 13.2 Å². The Labute approximate surface area is 96.4 Å². The Balaban J connectivity index is 2.94. The molecule has 17 heavy (non-hydrogen) atoms. The molecule has 90 valence electrons. The molecule has 0 amide bonds. The number of carbonyl (C=O) groups excluding carboxylic acids is 1. The van der Waals surface area contributed by atoms with Crippen LogP contribution in [0.4, 0.5) is 13.2 Å². The molecule has 0 aliphatic carbocycles. The highest BCUT2D eigenvalue weighted by Gasteiger charge is 2.30. The number of terminal acetylenes is 1. The van der Waals surface area contributed by atoms with Crippen molar-refractivity contribution in [3.05, 3.63) is 35.4 Å². The van der Waals surface area contributed by atoms with Crippen molar-refractivity contribution in [2.45, 2.75) is 19.2 Å². The molecule has 1 atom stereocenters. The first-order chi connectivity index (χ1) is 7.84. The number of carbonyl (C=O) groups is 1. The van der Waals surface area contributed by atoms with Gasteiger partial charge in [0.05, 0.1) is 5.56 Å². The zero-order valence-electron chi connectivity index (χ0n) is 8.91. The van der Waals surface area contributed by atoms with Gasteiger partial charge in [0.15, 0.2) is 6.10 Å². The molecule has 0 spiro atoms. The normalized spacial score (nSPS) is 12.6. The van der Waals surface area contributed by atoms with Crippen LogP contribution in [0.5, 0.6) is 0 Å². The van der Waals surface area contributed by atoms with Crippen LogP contribution < -0.4 is 0 Å². The SMILES string of the molecule is C#C[C@@H](OC(C)=O)c1ccc(C(F)(F)F)cc1. The van der Waals surface area contributed by atoms with Gasteiger partial charge < -0.3 is 4.74 Å². The molecule has 2 nitrogen and oxygen atoms in total. The first kappa shape index (κ1) is 13.1. The molecule has 0 aliphatic heterocycles. The lowest BCUT2D eigenvalue weighted by Gasteiger charge is -2.12. The van der Waals surface area contributed by atoms with E-state index < -0.39 is 23.8 Å². The smallest absolute Gasteiger partial charge is 0.416 e. The summed E-state index contributed by atoms with van der Waals surface area (Å²) in [6.07, 6.45) is -0.233. The van der Waals surface area contributed by atoms with Gasteiger partial charge in [0.25, 0.3) is 0 Å². The molecule has 0 N–H and O–H groups in total. The third-order valence-electron chi connectivity index (χ3n) is 1.98. The molecule has 0 radical (unpaired) electrons. The summed E-state index contributed by atoms with van der Waals surface area (Å²) in [5, 5.41) is 0. The first-order valence-corrected chi connectivity index (χ1v) is 4.65. The average Bonchev–Trinajstić information content (AvgIpc) is 2.24. The largest absolute Gasteiger partial charge is 0.444 e. The number of hydrogen-bond donors (Lipinski definition) is 0. The van der Waals surface area contributed by atoms with E-state index in [1.807, 2.05) is 0 Å². The van der Waals surface area contributed by atoms with Crippen LogP contribution in [0.3, 0.4) is 0 Å². The predicted molar refractivity (Wildman–Crippen MR) is 54.8 cm³/mol. The van der Waals surface area contributed by atoms with Crippen LogP contribution >= 0.6 is 0 Å². The molecule has 0 saturated heterocycles. The summed E-state index contributed by atoms with van der Waals surface area (Å²) in [5.41, 5.74) is -0.449. The summed E-state index contributed by atoms with van der Waals surface area (Å²) in [4.78, 5) is 10.7. The molecule has 0 heterocycles. The number of benzene rings is 1. The molecular weight excluding hydrogens is 233 g/mol. The lowest BCUT2D eigenvalue weighted by molar-refractivity contribution is -0.144. The summed E-state index contributed by atoms with van der Waals surface area (Å²) >= 11 is 0. The molecule has 0 saturated carbocycles. The van der Waals surface area contributed by atoms with Crippen molar-refractivity contribution in [1.29, 1.82) is 0 Å². The van der Waals surface area contributed by atoms with Crippen molar-refractivity contribution in [3.8, 4) is 12.3 Å². The van der Waals surface area contributed by atoms with Crippen molar-refractivity contribution in [2.24, 2.45) is 0 Å². The molecule has 0 bridgehead atoms. The zero-order valence-corrected chi connectivity index (χ0v) is 8.91. The van der Waals surface area contributed by atoms with Gasteiger partial charge in [0.1, 0.15) is 0 Å². The summed E-state index contributed by atoms with van der Waals surface area (Å²) in [6.45, 7) is 1.18. The van der Waals surface area contributed by atoms with Crippen molar-refractivity contribution < 1.29 is 22.7 Å². The van der Waals surface area contributed by atoms with E-state index in [2.05, 4.69) is 5.92 Å². The highest BCUT2D eigenvalue weighted by atomic mass is 19.4. The van der Waals surface area contributed by atoms with Gasteiger partial charge >= 0.3 is 12.1 Å². The molecule has 0 aliphatic rings. The highest BCUT2D eigenvalue weighted by molar-refractivity contribution is 5.66. The fraction of sp³-hybridized carbons (Fsp3) is 0.250. The third-order valence-corrected chi connectivity index (χ3v) is 1.98. The second-order valence-electron chi connectivity index (χ2n) is 3.28. The molecule has 0 fully saturated rings. The summed E-state index contributed by atoms with van der Waals surface area (Å²) < 4.78 is 41.6. The van der Waals surface area contributed by atoms with Crippen LogP contribution in [-0.2, 0) is 15.7 Å². The number of esters is 1. The van der Waals surface area contributed by atoms with E-state index in [1.54, 1.807) is 0 Å². The van der Waals surface area contributed by atoms with Crippen molar-refractivity contribution in [2.75, 3.05) is 0 Å². The standard InChI is InChI=1S/C12H9F3O2/c1-3-11(17-8(2)16)9-4-6-10(7-5-9)12(13,14)15/h1,4-7,11H,2H3/t11-/m1/s1. The molecule has 0 unspecified atom stereocenters. The predicted octanol–water partition coefficient (Wildman–Crippen LogP) is 2.94. The number of halogens is 3. The molecule has 1 aromatic carbocycles. The Bertz CT molecular complexity index is 440. The Morgan fingerprint density at radius 3 is 2.24 bits per heavy atom. The van der Waals surface area contributed by atoms with Crippen LogP contribution in [0.15, 0.2) is 24.3 Å². The second kappa shape index (κ2) is 4.91. The number of ether oxygens (including phenoxy) is 1. The summed E-state index contributed by atoms with van der Waals surface area (Å²) in [6, 6.07) is 4.17. The molecule has 5 heteroatoms. The van der Waals surface area contributed by atoms with Crippen LogP contribution in [0.25, 0.3) is 0 Å². The Morgan fingerprint density at radius 2 is 1.88 bits per heavy atom. The summed E-state index contributed by atoms with van der Waals surface area (Å²) in [5.74, 6) is 1.59. The lowest BCUT2D eigenvalue weighted by Crippen LogP contribution is -2.08. The minimum atomic E-state index is -4.40. The quantitative estimate of drug-likeness (QED) is 0.588. The average molecular weight is 242 g/mol. The van der Waals surface area contributed by atoms with Crippen LogP contribution in [0.2, 0.25) is 0 Å². The van der Waals surface area contributed by atoms with E-state index >= 15 is 0 Å². The van der Waals surface area contributed by atoms with Gasteiger partial charge in [-0.15, -0.1) is 6.42 Å². The maximum absolute atomic E-state index is 12.3. The monoisotopic (exact) mass is 242 g/mol. The fourth-order valence-corrected chi connectivity index (χ4v) is 1.21. The third kappa shape index (κ3) is 3.52. The molecule has 1 rings (SSSR count). The highest BCUT2D eigenvalue weighted by Crippen LogP contribution is 2.30. The number of alkyl halides is 3. The van der Waals surface area contributed by atoms with E-state index in [4.69, 9.17) is 11.2 Å². The maximum Gasteiger partial charge on any atom is 0.416 e. The van der Waals surface area contributed by atoms with Gasteiger partial charge in [-0.25, -0.2) is 0 Å². The zero-order chi connectivity index (χ0) is 13.1. The maximum atomic E-state index is 12.3. The Morgan fingerprint density at radius 1 is 1.35 bits per heavy atom. The lowest BCUT2D eigenvalue weighted by atomic mass is 10.1. The molecule has 0 aromatic heterocycles. The van der Waals surface area contributed by atoms with E-state index in [9.17, 15) is 18.0 Å². The van der Waals surface area contributed by atoms with Crippen molar-refractivity contribution in [1.82, 2.24) is 0 Å².